The molecule has 1 aromatic heterocycles. The highest BCUT2D eigenvalue weighted by atomic mass is 16.5. The number of hydrogen-bond donors (Lipinski definition) is 2. The Kier molecular flexibility index (Phi) is 5.21. The second kappa shape index (κ2) is 8.15. The normalized spacial score (nSPS) is 23.2. The molecule has 156 valence electrons. The van der Waals surface area contributed by atoms with Crippen LogP contribution in [0.2, 0.25) is 0 Å². The highest BCUT2D eigenvalue weighted by molar-refractivity contribution is 5.88. The lowest BCUT2D eigenvalue weighted by atomic mass is 9.74. The van der Waals surface area contributed by atoms with Crippen LogP contribution in [0.1, 0.15) is 42.4 Å². The number of carbonyl (C=O) groups is 1. The van der Waals surface area contributed by atoms with Crippen LogP contribution in [0, 0.1) is 0 Å². The Morgan fingerprint density at radius 3 is 2.90 bits per heavy atom. The van der Waals surface area contributed by atoms with Crippen LogP contribution < -0.4 is 5.32 Å². The van der Waals surface area contributed by atoms with Gasteiger partial charge in [-0.05, 0) is 48.6 Å². The van der Waals surface area contributed by atoms with Gasteiger partial charge in [0.25, 0.3) is 0 Å². The maximum absolute atomic E-state index is 12.5. The summed E-state index contributed by atoms with van der Waals surface area (Å²) in [5.41, 5.74) is 5.07. The molecule has 0 radical (unpaired) electrons. The van der Waals surface area contributed by atoms with Crippen molar-refractivity contribution in [2.75, 3.05) is 13.1 Å². The van der Waals surface area contributed by atoms with Crippen molar-refractivity contribution in [2.45, 2.75) is 50.8 Å². The summed E-state index contributed by atoms with van der Waals surface area (Å²) in [6, 6.07) is 17.0. The lowest BCUT2D eigenvalue weighted by Gasteiger charge is -2.47. The van der Waals surface area contributed by atoms with Gasteiger partial charge in [-0.2, -0.15) is 0 Å². The van der Waals surface area contributed by atoms with Crippen molar-refractivity contribution in [3.05, 3.63) is 71.4 Å². The van der Waals surface area contributed by atoms with Gasteiger partial charge in [-0.15, -0.1) is 0 Å². The van der Waals surface area contributed by atoms with E-state index in [1.165, 1.54) is 22.0 Å². The fraction of sp³-hybridized carbons (Fsp3) is 0.400. The van der Waals surface area contributed by atoms with E-state index in [0.717, 1.165) is 37.9 Å². The summed E-state index contributed by atoms with van der Waals surface area (Å²) in [7, 11) is 0. The predicted octanol–water partition coefficient (Wildman–Crippen LogP) is 4.59. The zero-order valence-corrected chi connectivity index (χ0v) is 17.4. The monoisotopic (exact) mass is 403 g/mol. The molecule has 5 nitrogen and oxygen atoms in total. The Morgan fingerprint density at radius 2 is 2.07 bits per heavy atom. The number of hydrogen-bond acceptors (Lipinski definition) is 3. The molecule has 2 N–H and O–H groups in total. The molecule has 2 aromatic carbocycles. The first-order valence-electron chi connectivity index (χ1n) is 11.0. The third-order valence-corrected chi connectivity index (χ3v) is 6.62. The molecule has 0 saturated carbocycles. The zero-order valence-electron chi connectivity index (χ0n) is 17.4. The molecule has 1 saturated heterocycles. The number of aromatic nitrogens is 1. The molecule has 1 amide bonds. The van der Waals surface area contributed by atoms with Gasteiger partial charge < -0.3 is 15.0 Å². The molecule has 0 bridgehead atoms. The third kappa shape index (κ3) is 3.58. The first-order valence-corrected chi connectivity index (χ1v) is 11.0. The standard InChI is InChI=1S/C25H29N3O2/c1-2-11-28-15-19(27-25(29)30-16-17-7-4-3-5-8-17)13-21-20-9-6-10-22-24(20)18(14-26-22)12-23(21)28/h3-10,14,19,21,23,26H,2,11-13,15-16H2,1H3,(H,27,29)/t19-,21+,23+/m0/s1. The van der Waals surface area contributed by atoms with Gasteiger partial charge >= 0.3 is 6.09 Å². The van der Waals surface area contributed by atoms with E-state index in [9.17, 15) is 4.79 Å². The first kappa shape index (κ1) is 19.2. The summed E-state index contributed by atoms with van der Waals surface area (Å²) in [4.78, 5) is 18.5. The van der Waals surface area contributed by atoms with Crippen LogP contribution >= 0.6 is 0 Å². The van der Waals surface area contributed by atoms with Gasteiger partial charge in [-0.25, -0.2) is 4.79 Å². The minimum Gasteiger partial charge on any atom is -0.445 e. The number of amides is 1. The van der Waals surface area contributed by atoms with Crippen LogP contribution in [-0.4, -0.2) is 41.2 Å². The molecule has 1 aliphatic heterocycles. The average Bonchev–Trinajstić information content (AvgIpc) is 3.18. The minimum absolute atomic E-state index is 0.0943. The van der Waals surface area contributed by atoms with Gasteiger partial charge in [-0.1, -0.05) is 49.4 Å². The molecule has 0 unspecified atom stereocenters. The van der Waals surface area contributed by atoms with Gasteiger partial charge in [-0.3, -0.25) is 4.90 Å². The van der Waals surface area contributed by atoms with Crippen molar-refractivity contribution < 1.29 is 9.53 Å². The number of alkyl carbamates (subject to hydrolysis) is 1. The number of fused-ring (bicyclic) bond motifs is 2. The van der Waals surface area contributed by atoms with E-state index in [4.69, 9.17) is 4.74 Å². The van der Waals surface area contributed by atoms with E-state index in [-0.39, 0.29) is 12.1 Å². The number of rotatable bonds is 5. The lowest BCUT2D eigenvalue weighted by Crippen LogP contribution is -2.56. The number of carbonyl (C=O) groups excluding carboxylic acids is 1. The average molecular weight is 404 g/mol. The maximum atomic E-state index is 12.5. The zero-order chi connectivity index (χ0) is 20.5. The van der Waals surface area contributed by atoms with Crippen LogP contribution in [0.3, 0.4) is 0 Å². The van der Waals surface area contributed by atoms with Crippen molar-refractivity contribution in [3.8, 4) is 0 Å². The number of likely N-dealkylation sites (tertiary alicyclic amines) is 1. The molecule has 1 aliphatic carbocycles. The third-order valence-electron chi connectivity index (χ3n) is 6.62. The molecule has 3 aromatic rings. The topological polar surface area (TPSA) is 57.4 Å². The number of nitrogens with one attached hydrogen (secondary N) is 2. The second-order valence-corrected chi connectivity index (χ2v) is 8.60. The number of piperidine rings is 1. The maximum Gasteiger partial charge on any atom is 0.407 e. The van der Waals surface area contributed by atoms with Crippen molar-refractivity contribution in [2.24, 2.45) is 0 Å². The molecule has 30 heavy (non-hydrogen) atoms. The van der Waals surface area contributed by atoms with E-state index in [1.54, 1.807) is 0 Å². The van der Waals surface area contributed by atoms with Gasteiger partial charge in [0.1, 0.15) is 6.61 Å². The molecule has 2 heterocycles. The highest BCUT2D eigenvalue weighted by Gasteiger charge is 2.40. The largest absolute Gasteiger partial charge is 0.445 e. The van der Waals surface area contributed by atoms with Gasteiger partial charge in [0.15, 0.2) is 0 Å². The summed E-state index contributed by atoms with van der Waals surface area (Å²) in [5.74, 6) is 0.428. The van der Waals surface area contributed by atoms with Crippen molar-refractivity contribution in [3.63, 3.8) is 0 Å². The van der Waals surface area contributed by atoms with E-state index in [1.807, 2.05) is 30.3 Å². The van der Waals surface area contributed by atoms with Gasteiger partial charge in [0, 0.05) is 41.6 Å². The summed E-state index contributed by atoms with van der Waals surface area (Å²) < 4.78 is 5.49. The Morgan fingerprint density at radius 1 is 1.20 bits per heavy atom. The molecule has 3 atom stereocenters. The van der Waals surface area contributed by atoms with E-state index in [2.05, 4.69) is 46.5 Å². The van der Waals surface area contributed by atoms with Crippen LogP contribution in [0.25, 0.3) is 10.9 Å². The Bertz CT molecular complexity index is 1030. The van der Waals surface area contributed by atoms with Crippen LogP contribution in [0.5, 0.6) is 0 Å². The Hall–Kier alpha value is -2.79. The number of ether oxygens (including phenoxy) is 1. The van der Waals surface area contributed by atoms with E-state index >= 15 is 0 Å². The summed E-state index contributed by atoms with van der Waals surface area (Å²) in [5, 5.41) is 4.54. The van der Waals surface area contributed by atoms with Crippen molar-refractivity contribution in [1.82, 2.24) is 15.2 Å². The van der Waals surface area contributed by atoms with E-state index < -0.39 is 0 Å². The molecule has 2 aliphatic rings. The summed E-state index contributed by atoms with van der Waals surface area (Å²) in [6.45, 7) is 4.46. The SMILES string of the molecule is CCCN1C[C@@H](NC(=O)OCc2ccccc2)C[C@@H]2c3cccc4[nH]cc(c34)C[C@H]21. The Labute approximate surface area is 177 Å². The number of H-pyrrole nitrogens is 1. The van der Waals surface area contributed by atoms with Crippen LogP contribution in [-0.2, 0) is 17.8 Å². The molecule has 0 spiro atoms. The predicted molar refractivity (Wildman–Crippen MR) is 119 cm³/mol. The first-order chi connectivity index (χ1) is 14.7. The molecular weight excluding hydrogens is 374 g/mol. The molecule has 5 heteroatoms. The number of aromatic amines is 1. The molecular formula is C25H29N3O2. The smallest absolute Gasteiger partial charge is 0.407 e. The number of nitrogens with zero attached hydrogens (tertiary/aromatic N) is 1. The highest BCUT2D eigenvalue weighted by Crippen LogP contribution is 2.43. The summed E-state index contributed by atoms with van der Waals surface area (Å²) >= 11 is 0. The minimum atomic E-state index is -0.324. The lowest BCUT2D eigenvalue weighted by molar-refractivity contribution is 0.0876. The quantitative estimate of drug-likeness (QED) is 0.655. The number of benzene rings is 2. The molecule has 5 rings (SSSR count). The molecule has 1 fully saturated rings. The second-order valence-electron chi connectivity index (χ2n) is 8.60. The van der Waals surface area contributed by atoms with Crippen molar-refractivity contribution in [1.29, 1.82) is 0 Å². The van der Waals surface area contributed by atoms with Crippen LogP contribution in [0.4, 0.5) is 4.79 Å². The van der Waals surface area contributed by atoms with Crippen LogP contribution in [0.15, 0.2) is 54.7 Å². The summed E-state index contributed by atoms with van der Waals surface area (Å²) in [6.07, 6.45) is 5.00. The van der Waals surface area contributed by atoms with Gasteiger partial charge in [0.05, 0.1) is 0 Å². The fourth-order valence-corrected chi connectivity index (χ4v) is 5.38. The van der Waals surface area contributed by atoms with Crippen molar-refractivity contribution >= 4 is 17.0 Å². The van der Waals surface area contributed by atoms with Gasteiger partial charge in [0.2, 0.25) is 0 Å². The fourth-order valence-electron chi connectivity index (χ4n) is 5.38. The van der Waals surface area contributed by atoms with E-state index in [0.29, 0.717) is 18.6 Å². The Balaban J connectivity index is 1.33.